The fourth-order valence-corrected chi connectivity index (χ4v) is 6.27. The molecule has 7 heteroatoms. The molecule has 1 fully saturated rings. The van der Waals surface area contributed by atoms with E-state index < -0.39 is 0 Å². The van der Waals surface area contributed by atoms with Crippen LogP contribution in [0.2, 0.25) is 0 Å². The highest BCUT2D eigenvalue weighted by Gasteiger charge is 2.33. The first-order valence-electron chi connectivity index (χ1n) is 13.5. The van der Waals surface area contributed by atoms with Crippen LogP contribution in [0.5, 0.6) is 0 Å². The summed E-state index contributed by atoms with van der Waals surface area (Å²) in [6.45, 7) is 13.9. The Bertz CT molecular complexity index is 1450. The lowest BCUT2D eigenvalue weighted by atomic mass is 9.81. The molecule has 1 saturated heterocycles. The highest BCUT2D eigenvalue weighted by molar-refractivity contribution is 5.92. The van der Waals surface area contributed by atoms with Crippen LogP contribution >= 0.6 is 0 Å². The van der Waals surface area contributed by atoms with E-state index in [1.54, 1.807) is 11.2 Å². The minimum absolute atomic E-state index is 0.176. The van der Waals surface area contributed by atoms with E-state index in [1.165, 1.54) is 38.9 Å². The van der Waals surface area contributed by atoms with Gasteiger partial charge in [-0.15, -0.1) is 10.2 Å². The topological polar surface area (TPSA) is 69.5 Å². The summed E-state index contributed by atoms with van der Waals surface area (Å²) in [6.07, 6.45) is 6.06. The van der Waals surface area contributed by atoms with Gasteiger partial charge in [0.2, 0.25) is 5.91 Å². The largest absolute Gasteiger partial charge is 0.354 e. The number of hydrogen-bond acceptors (Lipinski definition) is 4. The van der Waals surface area contributed by atoms with Crippen LogP contribution in [0.15, 0.2) is 30.7 Å². The standard InChI is InChI=1S/C30H40N6O/c1-17(2)28-24-13-22(23-11-18(3)36(19(4)12-23)15-27(37)34(7)8)9-10-26(24)32-29(28)25-14-35-16-31-33-30(35)21(6)20(25)5/h9-10,13-14,16-19,23,32H,11-12,15H2,1-8H3. The van der Waals surface area contributed by atoms with Crippen LogP contribution in [0.1, 0.15) is 74.6 Å². The Labute approximate surface area is 219 Å². The van der Waals surface area contributed by atoms with Crippen molar-refractivity contribution in [1.29, 1.82) is 0 Å². The Kier molecular flexibility index (Phi) is 6.61. The van der Waals surface area contributed by atoms with Gasteiger partial charge in [-0.1, -0.05) is 19.9 Å². The van der Waals surface area contributed by atoms with Crippen molar-refractivity contribution in [3.63, 3.8) is 0 Å². The molecule has 3 aromatic heterocycles. The van der Waals surface area contributed by atoms with Gasteiger partial charge in [-0.25, -0.2) is 0 Å². The summed E-state index contributed by atoms with van der Waals surface area (Å²) in [4.78, 5) is 20.2. The van der Waals surface area contributed by atoms with Gasteiger partial charge in [0, 0.05) is 48.8 Å². The molecule has 1 aliphatic rings. The summed E-state index contributed by atoms with van der Waals surface area (Å²) < 4.78 is 2.02. The number of aromatic amines is 1. The van der Waals surface area contributed by atoms with Crippen LogP contribution in [-0.2, 0) is 4.79 Å². The Morgan fingerprint density at radius 1 is 1.14 bits per heavy atom. The molecule has 0 spiro atoms. The molecule has 1 N–H and O–H groups in total. The molecule has 2 unspecified atom stereocenters. The van der Waals surface area contributed by atoms with Crippen molar-refractivity contribution < 1.29 is 4.79 Å². The number of benzene rings is 1. The maximum atomic E-state index is 12.4. The first-order valence-corrected chi connectivity index (χ1v) is 13.5. The number of likely N-dealkylation sites (N-methyl/N-ethyl adjacent to an activating group) is 1. The van der Waals surface area contributed by atoms with Crippen molar-refractivity contribution in [2.24, 2.45) is 0 Å². The predicted octanol–water partition coefficient (Wildman–Crippen LogP) is 5.66. The molecule has 5 rings (SSSR count). The molecule has 37 heavy (non-hydrogen) atoms. The van der Waals surface area contributed by atoms with E-state index in [9.17, 15) is 4.79 Å². The number of hydrogen-bond donors (Lipinski definition) is 1. The number of amides is 1. The summed E-state index contributed by atoms with van der Waals surface area (Å²) >= 11 is 0. The van der Waals surface area contributed by atoms with Gasteiger partial charge in [0.05, 0.1) is 12.2 Å². The number of nitrogens with zero attached hydrogens (tertiary/aromatic N) is 5. The molecule has 2 atom stereocenters. The molecule has 0 bridgehead atoms. The molecule has 0 radical (unpaired) electrons. The highest BCUT2D eigenvalue weighted by Crippen LogP contribution is 2.41. The first-order chi connectivity index (χ1) is 17.6. The zero-order valence-electron chi connectivity index (χ0n) is 23.5. The number of rotatable bonds is 5. The second kappa shape index (κ2) is 9.60. The zero-order valence-corrected chi connectivity index (χ0v) is 23.5. The van der Waals surface area contributed by atoms with E-state index in [2.05, 4.69) is 86.0 Å². The third kappa shape index (κ3) is 4.43. The Morgan fingerprint density at radius 2 is 1.84 bits per heavy atom. The quantitative estimate of drug-likeness (QED) is 0.384. The number of carbonyl (C=O) groups is 1. The Hall–Kier alpha value is -3.19. The first kappa shape index (κ1) is 25.5. The van der Waals surface area contributed by atoms with Crippen LogP contribution in [0, 0.1) is 13.8 Å². The van der Waals surface area contributed by atoms with Gasteiger partial charge >= 0.3 is 0 Å². The summed E-state index contributed by atoms with van der Waals surface area (Å²) in [5.41, 5.74) is 9.64. The lowest BCUT2D eigenvalue weighted by Crippen LogP contribution is -2.50. The number of pyridine rings is 1. The van der Waals surface area contributed by atoms with Crippen molar-refractivity contribution in [2.75, 3.05) is 20.6 Å². The molecular formula is C30H40N6O. The van der Waals surface area contributed by atoms with Crippen LogP contribution in [0.3, 0.4) is 0 Å². The average Bonchev–Trinajstić information content (AvgIpc) is 3.47. The molecule has 4 aromatic rings. The number of H-pyrrole nitrogens is 1. The SMILES string of the molecule is Cc1c(-c2[nH]c3ccc(C4CC(C)N(CC(=O)N(C)C)C(C)C4)cc3c2C(C)C)cn2cnnc2c1C. The Morgan fingerprint density at radius 3 is 2.49 bits per heavy atom. The van der Waals surface area contributed by atoms with Crippen LogP contribution < -0.4 is 0 Å². The smallest absolute Gasteiger partial charge is 0.236 e. The number of nitrogens with one attached hydrogen (secondary N) is 1. The van der Waals surface area contributed by atoms with Gasteiger partial charge in [0.1, 0.15) is 6.33 Å². The molecule has 0 saturated carbocycles. The minimum atomic E-state index is 0.176. The van der Waals surface area contributed by atoms with Gasteiger partial charge in [-0.2, -0.15) is 0 Å². The second-order valence-electron chi connectivity index (χ2n) is 11.6. The molecule has 1 amide bonds. The van der Waals surface area contributed by atoms with Gasteiger partial charge < -0.3 is 9.88 Å². The lowest BCUT2D eigenvalue weighted by molar-refractivity contribution is -0.131. The third-order valence-corrected chi connectivity index (χ3v) is 8.52. The highest BCUT2D eigenvalue weighted by atomic mass is 16.2. The normalized spacial score (nSPS) is 20.8. The maximum absolute atomic E-state index is 12.4. The van der Waals surface area contributed by atoms with E-state index in [0.29, 0.717) is 30.5 Å². The molecule has 4 heterocycles. The fourth-order valence-electron chi connectivity index (χ4n) is 6.27. The van der Waals surface area contributed by atoms with Crippen molar-refractivity contribution in [3.05, 3.63) is 53.0 Å². The molecule has 1 aliphatic heterocycles. The summed E-state index contributed by atoms with van der Waals surface area (Å²) in [5.74, 6) is 1.03. The number of aryl methyl sites for hydroxylation is 1. The monoisotopic (exact) mass is 500 g/mol. The number of aromatic nitrogens is 4. The van der Waals surface area contributed by atoms with E-state index in [4.69, 9.17) is 0 Å². The average molecular weight is 501 g/mol. The molecule has 196 valence electrons. The van der Waals surface area contributed by atoms with Gasteiger partial charge in [0.15, 0.2) is 5.65 Å². The molecular weight excluding hydrogens is 460 g/mol. The maximum Gasteiger partial charge on any atom is 0.236 e. The van der Waals surface area contributed by atoms with Crippen molar-refractivity contribution in [2.45, 2.75) is 78.3 Å². The van der Waals surface area contributed by atoms with Gasteiger partial charge in [0.25, 0.3) is 0 Å². The number of likely N-dealkylation sites (tertiary alicyclic amines) is 1. The molecule has 1 aromatic carbocycles. The van der Waals surface area contributed by atoms with Gasteiger partial charge in [-0.3, -0.25) is 14.1 Å². The van der Waals surface area contributed by atoms with Gasteiger partial charge in [-0.05, 0) is 86.8 Å². The van der Waals surface area contributed by atoms with E-state index in [0.717, 1.165) is 24.1 Å². The van der Waals surface area contributed by atoms with Crippen LogP contribution in [0.4, 0.5) is 0 Å². The summed E-state index contributed by atoms with van der Waals surface area (Å²) in [5, 5.41) is 9.73. The van der Waals surface area contributed by atoms with Crippen molar-refractivity contribution in [1.82, 2.24) is 29.4 Å². The Balaban J connectivity index is 1.52. The summed E-state index contributed by atoms with van der Waals surface area (Å²) in [6, 6.07) is 7.71. The van der Waals surface area contributed by atoms with Crippen molar-refractivity contribution >= 4 is 22.5 Å². The number of carbonyl (C=O) groups excluding carboxylic acids is 1. The van der Waals surface area contributed by atoms with E-state index in [-0.39, 0.29) is 5.91 Å². The van der Waals surface area contributed by atoms with Crippen LogP contribution in [0.25, 0.3) is 27.8 Å². The minimum Gasteiger partial charge on any atom is -0.354 e. The van der Waals surface area contributed by atoms with E-state index in [1.807, 2.05) is 18.5 Å². The second-order valence-corrected chi connectivity index (χ2v) is 11.6. The lowest BCUT2D eigenvalue weighted by Gasteiger charge is -2.42. The number of piperidine rings is 1. The predicted molar refractivity (Wildman–Crippen MR) is 150 cm³/mol. The molecule has 7 nitrogen and oxygen atoms in total. The third-order valence-electron chi connectivity index (χ3n) is 8.52. The fraction of sp³-hybridized carbons (Fsp3) is 0.500. The van der Waals surface area contributed by atoms with E-state index >= 15 is 0 Å². The van der Waals surface area contributed by atoms with Crippen molar-refractivity contribution in [3.8, 4) is 11.3 Å². The molecule has 0 aliphatic carbocycles. The zero-order chi connectivity index (χ0) is 26.6. The van der Waals surface area contributed by atoms with Crippen LogP contribution in [-0.4, -0.2) is 68.0 Å². The summed E-state index contributed by atoms with van der Waals surface area (Å²) in [7, 11) is 3.68. The number of fused-ring (bicyclic) bond motifs is 2.